The number of nitrogens with zero attached hydrogens (tertiary/aromatic N) is 2. The van der Waals surface area contributed by atoms with E-state index in [0.717, 1.165) is 5.69 Å². The molecule has 2 heterocycles. The molecule has 0 spiro atoms. The number of esters is 1. The van der Waals surface area contributed by atoms with E-state index in [1.165, 1.54) is 12.0 Å². The Balaban J connectivity index is 1.75. The number of hydrogen-bond acceptors (Lipinski definition) is 8. The Morgan fingerprint density at radius 2 is 1.86 bits per heavy atom. The number of sulfone groups is 1. The van der Waals surface area contributed by atoms with Gasteiger partial charge in [-0.1, -0.05) is 0 Å². The molecule has 0 unspecified atom stereocenters. The third-order valence-electron chi connectivity index (χ3n) is 4.80. The number of rotatable bonds is 6. The minimum Gasteiger partial charge on any atom is -0.466 e. The summed E-state index contributed by atoms with van der Waals surface area (Å²) in [6, 6.07) is 7.21. The lowest BCUT2D eigenvalue weighted by atomic mass is 10.2. The van der Waals surface area contributed by atoms with E-state index < -0.39 is 15.8 Å². The van der Waals surface area contributed by atoms with E-state index in [0.29, 0.717) is 18.8 Å². The summed E-state index contributed by atoms with van der Waals surface area (Å²) in [5.74, 6) is -0.697. The standard InChI is InChI=1S/C18H23N3O6S/c1-27-18(24)15-12-21(6-9-22)17(23)16(15)19-13-2-4-14(5-3-13)20-7-10-28(25,26)11-8-20/h2-5,19,22H,6-12H2,1H3. The molecule has 0 radical (unpaired) electrons. The summed E-state index contributed by atoms with van der Waals surface area (Å²) in [6.07, 6.45) is 0. The third kappa shape index (κ3) is 4.28. The molecular weight excluding hydrogens is 386 g/mol. The second-order valence-corrected chi connectivity index (χ2v) is 8.91. The Kier molecular flexibility index (Phi) is 5.90. The minimum absolute atomic E-state index is 0.0781. The molecule has 1 saturated heterocycles. The first-order valence-electron chi connectivity index (χ1n) is 8.88. The molecule has 1 aromatic carbocycles. The number of carbonyl (C=O) groups excluding carboxylic acids is 2. The zero-order valence-corrected chi connectivity index (χ0v) is 16.4. The summed E-state index contributed by atoms with van der Waals surface area (Å²) in [7, 11) is -1.69. The van der Waals surface area contributed by atoms with Crippen molar-refractivity contribution in [3.8, 4) is 0 Å². The first-order chi connectivity index (χ1) is 13.3. The average molecular weight is 409 g/mol. The molecule has 3 rings (SSSR count). The molecule has 0 bridgehead atoms. The van der Waals surface area contributed by atoms with Gasteiger partial charge in [0, 0.05) is 31.0 Å². The van der Waals surface area contributed by atoms with E-state index in [4.69, 9.17) is 9.84 Å². The van der Waals surface area contributed by atoms with Crippen LogP contribution in [0.15, 0.2) is 35.5 Å². The van der Waals surface area contributed by atoms with Crippen LogP contribution in [-0.2, 0) is 24.2 Å². The highest BCUT2D eigenvalue weighted by Gasteiger charge is 2.34. The number of methoxy groups -OCH3 is 1. The van der Waals surface area contributed by atoms with Gasteiger partial charge >= 0.3 is 5.97 Å². The number of β-amino-alcohol motifs (C(OH)–C–C–N with tert-alkyl or cyclic N) is 1. The molecular formula is C18H23N3O6S. The number of amides is 1. The molecule has 1 amide bonds. The lowest BCUT2D eigenvalue weighted by Crippen LogP contribution is -2.40. The molecule has 152 valence electrons. The Hall–Kier alpha value is -2.59. The van der Waals surface area contributed by atoms with Gasteiger partial charge in [-0.05, 0) is 24.3 Å². The molecule has 0 aromatic heterocycles. The molecule has 0 saturated carbocycles. The van der Waals surface area contributed by atoms with Gasteiger partial charge in [0.2, 0.25) is 0 Å². The van der Waals surface area contributed by atoms with Crippen LogP contribution >= 0.6 is 0 Å². The number of hydrogen-bond donors (Lipinski definition) is 2. The Labute approximate surface area is 163 Å². The maximum atomic E-state index is 12.5. The summed E-state index contributed by atoms with van der Waals surface area (Å²) in [6.45, 7) is 0.895. The van der Waals surface area contributed by atoms with Gasteiger partial charge in [-0.25, -0.2) is 13.2 Å². The number of nitrogens with one attached hydrogen (secondary N) is 1. The molecule has 0 aliphatic carbocycles. The maximum Gasteiger partial charge on any atom is 0.337 e. The molecule has 0 atom stereocenters. The predicted octanol–water partition coefficient (Wildman–Crippen LogP) is -0.405. The lowest BCUT2D eigenvalue weighted by molar-refractivity contribution is -0.136. The summed E-state index contributed by atoms with van der Waals surface area (Å²) in [4.78, 5) is 27.9. The molecule has 1 fully saturated rings. The van der Waals surface area contributed by atoms with Gasteiger partial charge in [-0.15, -0.1) is 0 Å². The molecule has 1 aromatic rings. The largest absolute Gasteiger partial charge is 0.466 e. The number of benzene rings is 1. The van der Waals surface area contributed by atoms with Gasteiger partial charge in [-0.3, -0.25) is 4.79 Å². The number of anilines is 2. The zero-order valence-electron chi connectivity index (χ0n) is 15.6. The normalized spacial score (nSPS) is 19.1. The summed E-state index contributed by atoms with van der Waals surface area (Å²) >= 11 is 0. The third-order valence-corrected chi connectivity index (χ3v) is 6.41. The van der Waals surface area contributed by atoms with Gasteiger partial charge in [0.05, 0.1) is 37.3 Å². The fourth-order valence-corrected chi connectivity index (χ4v) is 4.42. The van der Waals surface area contributed by atoms with Crippen LogP contribution in [0.25, 0.3) is 0 Å². The highest BCUT2D eigenvalue weighted by molar-refractivity contribution is 7.91. The van der Waals surface area contributed by atoms with Gasteiger partial charge in [0.15, 0.2) is 9.84 Å². The highest BCUT2D eigenvalue weighted by Crippen LogP contribution is 2.25. The topological polar surface area (TPSA) is 116 Å². The summed E-state index contributed by atoms with van der Waals surface area (Å²) in [5.41, 5.74) is 1.86. The maximum absolute atomic E-state index is 12.5. The second kappa shape index (κ2) is 8.19. The average Bonchev–Trinajstić information content (AvgIpc) is 2.98. The highest BCUT2D eigenvalue weighted by atomic mass is 32.2. The molecule has 2 aliphatic rings. The van der Waals surface area contributed by atoms with Crippen LogP contribution in [0.5, 0.6) is 0 Å². The van der Waals surface area contributed by atoms with Crippen LogP contribution in [0.4, 0.5) is 11.4 Å². The van der Waals surface area contributed by atoms with Gasteiger partial charge in [-0.2, -0.15) is 0 Å². The van der Waals surface area contributed by atoms with Crippen LogP contribution < -0.4 is 10.2 Å². The fourth-order valence-electron chi connectivity index (χ4n) is 3.22. The summed E-state index contributed by atoms with van der Waals surface area (Å²) < 4.78 is 27.9. The van der Waals surface area contributed by atoms with Gasteiger partial charge < -0.3 is 25.0 Å². The zero-order chi connectivity index (χ0) is 20.3. The van der Waals surface area contributed by atoms with E-state index in [-0.39, 0.29) is 48.4 Å². The van der Waals surface area contributed by atoms with Crippen molar-refractivity contribution >= 4 is 33.1 Å². The van der Waals surface area contributed by atoms with Crippen molar-refractivity contribution in [3.05, 3.63) is 35.5 Å². The molecule has 2 aliphatic heterocycles. The van der Waals surface area contributed by atoms with Crippen molar-refractivity contribution in [3.63, 3.8) is 0 Å². The Bertz CT molecular complexity index is 880. The second-order valence-electron chi connectivity index (χ2n) is 6.61. The Morgan fingerprint density at radius 3 is 2.43 bits per heavy atom. The van der Waals surface area contributed by atoms with Crippen LogP contribution in [-0.4, -0.2) is 81.7 Å². The first-order valence-corrected chi connectivity index (χ1v) is 10.7. The summed E-state index contributed by atoms with van der Waals surface area (Å²) in [5, 5.41) is 12.1. The first kappa shape index (κ1) is 20.2. The number of carbonyl (C=O) groups is 2. The molecule has 2 N–H and O–H groups in total. The van der Waals surface area contributed by atoms with E-state index >= 15 is 0 Å². The number of aliphatic hydroxyl groups is 1. The van der Waals surface area contributed by atoms with E-state index in [1.54, 1.807) is 12.1 Å². The van der Waals surface area contributed by atoms with Crippen LogP contribution in [0.1, 0.15) is 0 Å². The minimum atomic E-state index is -2.94. The van der Waals surface area contributed by atoms with Crippen molar-refractivity contribution in [2.24, 2.45) is 0 Å². The lowest BCUT2D eigenvalue weighted by Gasteiger charge is -2.28. The quantitative estimate of drug-likeness (QED) is 0.610. The van der Waals surface area contributed by atoms with Crippen molar-refractivity contribution in [1.82, 2.24) is 4.90 Å². The molecule has 10 heteroatoms. The predicted molar refractivity (Wildman–Crippen MR) is 104 cm³/mol. The van der Waals surface area contributed by atoms with Crippen molar-refractivity contribution in [2.75, 3.05) is 61.6 Å². The smallest absolute Gasteiger partial charge is 0.337 e. The SMILES string of the molecule is COC(=O)C1=C(Nc2ccc(N3CCS(=O)(=O)CC3)cc2)C(=O)N(CCO)C1. The Morgan fingerprint density at radius 1 is 1.21 bits per heavy atom. The number of ether oxygens (including phenoxy) is 1. The van der Waals surface area contributed by atoms with Gasteiger partial charge in [0.25, 0.3) is 5.91 Å². The van der Waals surface area contributed by atoms with Gasteiger partial charge in [0.1, 0.15) is 5.70 Å². The fraction of sp³-hybridized carbons (Fsp3) is 0.444. The van der Waals surface area contributed by atoms with Crippen LogP contribution in [0.2, 0.25) is 0 Å². The van der Waals surface area contributed by atoms with Crippen molar-refractivity contribution in [2.45, 2.75) is 0 Å². The van der Waals surface area contributed by atoms with Crippen molar-refractivity contribution < 1.29 is 27.9 Å². The van der Waals surface area contributed by atoms with E-state index in [2.05, 4.69) is 5.32 Å². The van der Waals surface area contributed by atoms with Crippen LogP contribution in [0.3, 0.4) is 0 Å². The van der Waals surface area contributed by atoms with Crippen LogP contribution in [0, 0.1) is 0 Å². The van der Waals surface area contributed by atoms with E-state index in [9.17, 15) is 18.0 Å². The molecule has 9 nitrogen and oxygen atoms in total. The monoisotopic (exact) mass is 409 g/mol. The van der Waals surface area contributed by atoms with Crippen molar-refractivity contribution in [1.29, 1.82) is 0 Å². The number of aliphatic hydroxyl groups excluding tert-OH is 1. The van der Waals surface area contributed by atoms with E-state index in [1.807, 2.05) is 17.0 Å². The molecule has 28 heavy (non-hydrogen) atoms.